The predicted octanol–water partition coefficient (Wildman–Crippen LogP) is 3.87. The highest BCUT2D eigenvalue weighted by Gasteiger charge is 2.22. The molecule has 0 aliphatic heterocycles. The van der Waals surface area contributed by atoms with Crippen molar-refractivity contribution in [1.82, 2.24) is 4.90 Å². The third-order valence-corrected chi connectivity index (χ3v) is 5.17. The number of aryl methyl sites for hydroxylation is 1. The Morgan fingerprint density at radius 2 is 2.14 bits per heavy atom. The van der Waals surface area contributed by atoms with Crippen LogP contribution in [0.1, 0.15) is 39.6 Å². The summed E-state index contributed by atoms with van der Waals surface area (Å²) in [6.07, 6.45) is 0. The van der Waals surface area contributed by atoms with Gasteiger partial charge in [0.15, 0.2) is 0 Å². The zero-order valence-electron chi connectivity index (χ0n) is 12.4. The largest absolute Gasteiger partial charge is 0.478 e. The van der Waals surface area contributed by atoms with Gasteiger partial charge in [-0.1, -0.05) is 0 Å². The predicted molar refractivity (Wildman–Crippen MR) is 87.3 cm³/mol. The maximum atomic E-state index is 12.4. The number of carboxylic acids is 1. The second kappa shape index (κ2) is 6.66. The lowest BCUT2D eigenvalue weighted by atomic mass is 10.1. The number of hydrogen-bond donors (Lipinski definition) is 1. The summed E-state index contributed by atoms with van der Waals surface area (Å²) in [5.41, 5.74) is 0.131. The molecule has 2 rings (SSSR count). The minimum Gasteiger partial charge on any atom is -0.478 e. The molecule has 5 nitrogen and oxygen atoms in total. The molecular formula is C15H16BrNO4S. The van der Waals surface area contributed by atoms with Crippen molar-refractivity contribution in [2.45, 2.75) is 26.3 Å². The van der Waals surface area contributed by atoms with Crippen molar-refractivity contribution >= 4 is 39.1 Å². The number of aromatic carboxylic acids is 1. The summed E-state index contributed by atoms with van der Waals surface area (Å²) >= 11 is 4.91. The first-order chi connectivity index (χ1) is 10.3. The average molecular weight is 386 g/mol. The van der Waals surface area contributed by atoms with E-state index in [1.807, 2.05) is 19.1 Å². The summed E-state index contributed by atoms with van der Waals surface area (Å²) in [4.78, 5) is 26.0. The third kappa shape index (κ3) is 3.59. The molecule has 0 radical (unpaired) electrons. The first-order valence-corrected chi connectivity index (χ1v) is 8.23. The van der Waals surface area contributed by atoms with Crippen molar-refractivity contribution in [3.8, 4) is 0 Å². The van der Waals surface area contributed by atoms with Crippen LogP contribution in [0.5, 0.6) is 0 Å². The number of rotatable bonds is 5. The van der Waals surface area contributed by atoms with E-state index in [-0.39, 0.29) is 23.9 Å². The van der Waals surface area contributed by atoms with Gasteiger partial charge in [0.05, 0.1) is 16.2 Å². The highest BCUT2D eigenvalue weighted by Crippen LogP contribution is 2.29. The minimum absolute atomic E-state index is 0.0414. The van der Waals surface area contributed by atoms with Gasteiger partial charge < -0.3 is 14.4 Å². The van der Waals surface area contributed by atoms with Crippen LogP contribution >= 0.6 is 27.3 Å². The normalized spacial score (nSPS) is 12.2. The number of carbonyl (C=O) groups excluding carboxylic acids is 1. The van der Waals surface area contributed by atoms with E-state index in [9.17, 15) is 9.59 Å². The molecule has 0 saturated heterocycles. The molecule has 2 aromatic heterocycles. The van der Waals surface area contributed by atoms with Gasteiger partial charge in [0.25, 0.3) is 0 Å². The summed E-state index contributed by atoms with van der Waals surface area (Å²) in [5.74, 6) is -0.515. The van der Waals surface area contributed by atoms with Gasteiger partial charge in [0.2, 0.25) is 5.91 Å². The van der Waals surface area contributed by atoms with Crippen LogP contribution in [0.25, 0.3) is 0 Å². The van der Waals surface area contributed by atoms with Gasteiger partial charge in [0, 0.05) is 11.9 Å². The molecule has 0 saturated carbocycles. The van der Waals surface area contributed by atoms with Gasteiger partial charge in [-0.3, -0.25) is 4.79 Å². The monoisotopic (exact) mass is 385 g/mol. The summed E-state index contributed by atoms with van der Waals surface area (Å²) in [6.45, 7) is 3.69. The zero-order chi connectivity index (χ0) is 16.4. The van der Waals surface area contributed by atoms with E-state index in [4.69, 9.17) is 9.52 Å². The van der Waals surface area contributed by atoms with E-state index < -0.39 is 5.97 Å². The van der Waals surface area contributed by atoms with Gasteiger partial charge in [-0.05, 0) is 48.0 Å². The van der Waals surface area contributed by atoms with Crippen LogP contribution in [-0.2, 0) is 11.3 Å². The van der Waals surface area contributed by atoms with Crippen LogP contribution in [0.3, 0.4) is 0 Å². The standard InChI is InChI=1S/C15H16BrNO4S/c1-8(12-4-5-13(16)22-12)14(18)17(3)7-10-6-11(15(19)20)9(2)21-10/h4-6,8H,7H2,1-3H3,(H,19,20). The van der Waals surface area contributed by atoms with E-state index in [0.29, 0.717) is 11.5 Å². The second-order valence-electron chi connectivity index (χ2n) is 5.05. The molecule has 0 aliphatic carbocycles. The molecule has 0 aliphatic rings. The Morgan fingerprint density at radius 1 is 1.45 bits per heavy atom. The number of carboxylic acid groups (broad SMARTS) is 1. The van der Waals surface area contributed by atoms with Crippen LogP contribution in [0.4, 0.5) is 0 Å². The maximum Gasteiger partial charge on any atom is 0.339 e. The molecule has 2 aromatic rings. The molecule has 1 N–H and O–H groups in total. The Kier molecular flexibility index (Phi) is 5.08. The fraction of sp³-hybridized carbons (Fsp3) is 0.333. The quantitative estimate of drug-likeness (QED) is 0.847. The Morgan fingerprint density at radius 3 is 2.64 bits per heavy atom. The molecule has 0 fully saturated rings. The molecule has 22 heavy (non-hydrogen) atoms. The first-order valence-electron chi connectivity index (χ1n) is 6.62. The molecule has 1 amide bonds. The molecule has 1 unspecified atom stereocenters. The van der Waals surface area contributed by atoms with Crippen molar-refractivity contribution in [1.29, 1.82) is 0 Å². The van der Waals surface area contributed by atoms with Crippen LogP contribution in [0, 0.1) is 6.92 Å². The highest BCUT2D eigenvalue weighted by molar-refractivity contribution is 9.11. The Balaban J connectivity index is 2.08. The zero-order valence-corrected chi connectivity index (χ0v) is 14.8. The minimum atomic E-state index is -1.03. The van der Waals surface area contributed by atoms with Crippen LogP contribution < -0.4 is 0 Å². The van der Waals surface area contributed by atoms with E-state index >= 15 is 0 Å². The van der Waals surface area contributed by atoms with E-state index in [1.54, 1.807) is 18.9 Å². The number of carbonyl (C=O) groups is 2. The Bertz CT molecular complexity index is 706. The fourth-order valence-corrected chi connectivity index (χ4v) is 3.63. The van der Waals surface area contributed by atoms with Crippen molar-refractivity contribution in [2.24, 2.45) is 0 Å². The highest BCUT2D eigenvalue weighted by atomic mass is 79.9. The van der Waals surface area contributed by atoms with Gasteiger partial charge in [-0.15, -0.1) is 11.3 Å². The SMILES string of the molecule is Cc1oc(CN(C)C(=O)C(C)c2ccc(Br)s2)cc1C(=O)O. The van der Waals surface area contributed by atoms with Crippen molar-refractivity contribution in [3.63, 3.8) is 0 Å². The van der Waals surface area contributed by atoms with Gasteiger partial charge >= 0.3 is 5.97 Å². The Hall–Kier alpha value is -1.60. The molecule has 7 heteroatoms. The smallest absolute Gasteiger partial charge is 0.339 e. The third-order valence-electron chi connectivity index (χ3n) is 3.36. The summed E-state index contributed by atoms with van der Waals surface area (Å²) < 4.78 is 6.39. The number of halogens is 1. The van der Waals surface area contributed by atoms with Gasteiger partial charge in [-0.2, -0.15) is 0 Å². The molecule has 118 valence electrons. The topological polar surface area (TPSA) is 70.8 Å². The number of nitrogens with zero attached hydrogens (tertiary/aromatic N) is 1. The summed E-state index contributed by atoms with van der Waals surface area (Å²) in [7, 11) is 1.68. The van der Waals surface area contributed by atoms with Crippen molar-refractivity contribution in [2.75, 3.05) is 7.05 Å². The molecule has 0 spiro atoms. The molecule has 0 aromatic carbocycles. The lowest BCUT2D eigenvalue weighted by molar-refractivity contribution is -0.131. The van der Waals surface area contributed by atoms with Crippen molar-refractivity contribution < 1.29 is 19.1 Å². The second-order valence-corrected chi connectivity index (χ2v) is 7.54. The number of furan rings is 1. The lowest BCUT2D eigenvalue weighted by Gasteiger charge is -2.19. The summed E-state index contributed by atoms with van der Waals surface area (Å²) in [6, 6.07) is 5.30. The van der Waals surface area contributed by atoms with E-state index in [1.165, 1.54) is 17.4 Å². The lowest BCUT2D eigenvalue weighted by Crippen LogP contribution is -2.29. The molecular weight excluding hydrogens is 370 g/mol. The molecule has 0 bridgehead atoms. The number of thiophene rings is 1. The fourth-order valence-electron chi connectivity index (χ4n) is 2.16. The Labute approximate surface area is 140 Å². The average Bonchev–Trinajstić information content (AvgIpc) is 3.03. The number of likely N-dealkylation sites (N-methyl/N-ethyl adjacent to an activating group) is 1. The van der Waals surface area contributed by atoms with E-state index in [0.717, 1.165) is 8.66 Å². The van der Waals surface area contributed by atoms with Gasteiger partial charge in [0.1, 0.15) is 17.1 Å². The molecule has 1 atom stereocenters. The first kappa shape index (κ1) is 16.8. The van der Waals surface area contributed by atoms with Crippen molar-refractivity contribution in [3.05, 3.63) is 43.9 Å². The van der Waals surface area contributed by atoms with Crippen LogP contribution in [-0.4, -0.2) is 28.9 Å². The molecule has 2 heterocycles. The van der Waals surface area contributed by atoms with E-state index in [2.05, 4.69) is 15.9 Å². The van der Waals surface area contributed by atoms with Crippen LogP contribution in [0.15, 0.2) is 26.4 Å². The number of amides is 1. The van der Waals surface area contributed by atoms with Gasteiger partial charge in [-0.25, -0.2) is 4.79 Å². The number of hydrogen-bond acceptors (Lipinski definition) is 4. The maximum absolute atomic E-state index is 12.4. The summed E-state index contributed by atoms with van der Waals surface area (Å²) in [5, 5.41) is 9.02. The van der Waals surface area contributed by atoms with Crippen LogP contribution in [0.2, 0.25) is 0 Å².